The summed E-state index contributed by atoms with van der Waals surface area (Å²) in [7, 11) is -3.47. The number of rotatable bonds is 9. The minimum Gasteiger partial charge on any atom is -0.396 e. The molecule has 0 bridgehead atoms. The standard InChI is InChI=1S/C11H21N3O3S/c1-2-14-9-11(12-10-14)18(16,17)13-7-5-3-4-6-8-15/h9-10,13,15H,2-8H2,1H3. The number of aliphatic hydroxyl groups is 1. The van der Waals surface area contributed by atoms with Crippen molar-refractivity contribution in [2.24, 2.45) is 0 Å². The van der Waals surface area contributed by atoms with Crippen molar-refractivity contribution in [3.05, 3.63) is 12.5 Å². The fourth-order valence-corrected chi connectivity index (χ4v) is 2.54. The van der Waals surface area contributed by atoms with Crippen molar-refractivity contribution in [2.75, 3.05) is 13.2 Å². The maximum absolute atomic E-state index is 11.8. The number of unbranched alkanes of at least 4 members (excludes halogenated alkanes) is 3. The van der Waals surface area contributed by atoms with E-state index >= 15 is 0 Å². The van der Waals surface area contributed by atoms with Crippen LogP contribution in [0.15, 0.2) is 17.6 Å². The topological polar surface area (TPSA) is 84.2 Å². The zero-order valence-corrected chi connectivity index (χ0v) is 11.5. The van der Waals surface area contributed by atoms with Crippen LogP contribution in [-0.2, 0) is 16.6 Å². The smallest absolute Gasteiger partial charge is 0.259 e. The lowest BCUT2D eigenvalue weighted by molar-refractivity contribution is 0.282. The highest BCUT2D eigenvalue weighted by molar-refractivity contribution is 7.89. The lowest BCUT2D eigenvalue weighted by Gasteiger charge is -2.03. The van der Waals surface area contributed by atoms with Gasteiger partial charge in [-0.05, 0) is 19.8 Å². The number of nitrogens with one attached hydrogen (secondary N) is 1. The summed E-state index contributed by atoms with van der Waals surface area (Å²) in [5.74, 6) is 0. The molecule has 104 valence electrons. The van der Waals surface area contributed by atoms with E-state index in [0.29, 0.717) is 13.1 Å². The zero-order valence-electron chi connectivity index (χ0n) is 10.7. The zero-order chi connectivity index (χ0) is 13.4. The van der Waals surface area contributed by atoms with E-state index in [1.807, 2.05) is 6.92 Å². The SMILES string of the molecule is CCn1cnc(S(=O)(=O)NCCCCCCO)c1. The van der Waals surface area contributed by atoms with Crippen molar-refractivity contribution in [2.45, 2.75) is 44.2 Å². The van der Waals surface area contributed by atoms with Gasteiger partial charge in [0.2, 0.25) is 0 Å². The molecule has 0 aliphatic carbocycles. The normalized spacial score (nSPS) is 11.9. The van der Waals surface area contributed by atoms with E-state index in [9.17, 15) is 8.42 Å². The summed E-state index contributed by atoms with van der Waals surface area (Å²) in [4.78, 5) is 3.87. The van der Waals surface area contributed by atoms with Crippen LogP contribution in [0.1, 0.15) is 32.6 Å². The van der Waals surface area contributed by atoms with E-state index in [-0.39, 0.29) is 11.6 Å². The molecule has 18 heavy (non-hydrogen) atoms. The molecule has 0 unspecified atom stereocenters. The molecular weight excluding hydrogens is 254 g/mol. The predicted octanol–water partition coefficient (Wildman–Crippen LogP) is 0.734. The van der Waals surface area contributed by atoms with Crippen molar-refractivity contribution in [1.82, 2.24) is 14.3 Å². The third kappa shape index (κ3) is 4.75. The van der Waals surface area contributed by atoms with Gasteiger partial charge in [-0.15, -0.1) is 0 Å². The molecule has 0 fully saturated rings. The Kier molecular flexibility index (Phi) is 6.31. The van der Waals surface area contributed by atoms with Gasteiger partial charge in [0.1, 0.15) is 0 Å². The van der Waals surface area contributed by atoms with E-state index in [1.165, 1.54) is 12.5 Å². The number of aromatic nitrogens is 2. The molecule has 0 spiro atoms. The molecule has 0 atom stereocenters. The third-order valence-electron chi connectivity index (χ3n) is 2.63. The average molecular weight is 275 g/mol. The number of imidazole rings is 1. The van der Waals surface area contributed by atoms with Gasteiger partial charge in [0.25, 0.3) is 10.0 Å². The van der Waals surface area contributed by atoms with E-state index in [4.69, 9.17) is 5.11 Å². The molecule has 0 amide bonds. The summed E-state index contributed by atoms with van der Waals surface area (Å²) >= 11 is 0. The Morgan fingerprint density at radius 1 is 1.33 bits per heavy atom. The van der Waals surface area contributed by atoms with E-state index in [2.05, 4.69) is 9.71 Å². The number of aliphatic hydroxyl groups excluding tert-OH is 1. The Hall–Kier alpha value is -0.920. The minimum absolute atomic E-state index is 0.0692. The number of aryl methyl sites for hydroxylation is 1. The number of hydrogen-bond donors (Lipinski definition) is 2. The highest BCUT2D eigenvalue weighted by Crippen LogP contribution is 2.05. The Labute approximate surface area is 108 Å². The number of nitrogens with zero attached hydrogens (tertiary/aromatic N) is 2. The van der Waals surface area contributed by atoms with Gasteiger partial charge < -0.3 is 9.67 Å². The Morgan fingerprint density at radius 2 is 2.06 bits per heavy atom. The van der Waals surface area contributed by atoms with Gasteiger partial charge in [-0.2, -0.15) is 0 Å². The van der Waals surface area contributed by atoms with Gasteiger partial charge in [0.15, 0.2) is 5.03 Å². The minimum atomic E-state index is -3.47. The second kappa shape index (κ2) is 7.50. The first-order chi connectivity index (χ1) is 8.60. The molecule has 0 radical (unpaired) electrons. The Balaban J connectivity index is 2.36. The molecule has 0 saturated carbocycles. The first-order valence-corrected chi connectivity index (χ1v) is 7.70. The average Bonchev–Trinajstić information content (AvgIpc) is 2.83. The molecule has 0 aromatic carbocycles. The second-order valence-electron chi connectivity index (χ2n) is 4.08. The fraction of sp³-hybridized carbons (Fsp3) is 0.727. The van der Waals surface area contributed by atoms with E-state index < -0.39 is 10.0 Å². The first kappa shape index (κ1) is 15.1. The molecule has 1 rings (SSSR count). The van der Waals surface area contributed by atoms with Crippen LogP contribution in [0.3, 0.4) is 0 Å². The van der Waals surface area contributed by atoms with Gasteiger partial charge in [0.05, 0.1) is 6.33 Å². The molecule has 6 nitrogen and oxygen atoms in total. The molecule has 0 saturated heterocycles. The Morgan fingerprint density at radius 3 is 2.67 bits per heavy atom. The third-order valence-corrected chi connectivity index (χ3v) is 3.97. The summed E-state index contributed by atoms with van der Waals surface area (Å²) in [5, 5.41) is 8.67. The van der Waals surface area contributed by atoms with Crippen LogP contribution in [0.4, 0.5) is 0 Å². The summed E-state index contributed by atoms with van der Waals surface area (Å²) in [6, 6.07) is 0. The first-order valence-electron chi connectivity index (χ1n) is 6.22. The van der Waals surface area contributed by atoms with Crippen molar-refractivity contribution >= 4 is 10.0 Å². The van der Waals surface area contributed by atoms with Crippen LogP contribution >= 0.6 is 0 Å². The molecule has 0 aliphatic heterocycles. The molecule has 7 heteroatoms. The number of sulfonamides is 1. The van der Waals surface area contributed by atoms with Crippen LogP contribution in [0, 0.1) is 0 Å². The van der Waals surface area contributed by atoms with E-state index in [1.54, 1.807) is 4.57 Å². The molecule has 1 aromatic rings. The van der Waals surface area contributed by atoms with Crippen molar-refractivity contribution in [3.8, 4) is 0 Å². The largest absolute Gasteiger partial charge is 0.396 e. The van der Waals surface area contributed by atoms with Crippen LogP contribution in [-0.4, -0.2) is 36.2 Å². The second-order valence-corrected chi connectivity index (χ2v) is 5.79. The maximum Gasteiger partial charge on any atom is 0.259 e. The summed E-state index contributed by atoms with van der Waals surface area (Å²) in [6.45, 7) is 3.23. The molecule has 1 heterocycles. The Bertz CT molecular complexity index is 442. The van der Waals surface area contributed by atoms with Gasteiger partial charge in [0, 0.05) is 25.9 Å². The van der Waals surface area contributed by atoms with Gasteiger partial charge in [-0.25, -0.2) is 18.1 Å². The lowest BCUT2D eigenvalue weighted by atomic mass is 10.2. The quantitative estimate of drug-likeness (QED) is 0.651. The molecule has 0 aliphatic rings. The van der Waals surface area contributed by atoms with Gasteiger partial charge in [-0.3, -0.25) is 0 Å². The highest BCUT2D eigenvalue weighted by Gasteiger charge is 2.16. The van der Waals surface area contributed by atoms with Crippen LogP contribution < -0.4 is 4.72 Å². The monoisotopic (exact) mass is 275 g/mol. The van der Waals surface area contributed by atoms with Crippen LogP contribution in [0.2, 0.25) is 0 Å². The predicted molar refractivity (Wildman–Crippen MR) is 68.6 cm³/mol. The van der Waals surface area contributed by atoms with E-state index in [0.717, 1.165) is 25.7 Å². The van der Waals surface area contributed by atoms with Gasteiger partial charge in [-0.1, -0.05) is 12.8 Å². The summed E-state index contributed by atoms with van der Waals surface area (Å²) in [5.41, 5.74) is 0. The van der Waals surface area contributed by atoms with Crippen molar-refractivity contribution < 1.29 is 13.5 Å². The summed E-state index contributed by atoms with van der Waals surface area (Å²) in [6.07, 6.45) is 6.40. The summed E-state index contributed by atoms with van der Waals surface area (Å²) < 4.78 is 27.9. The fourth-order valence-electron chi connectivity index (χ4n) is 1.52. The van der Waals surface area contributed by atoms with Gasteiger partial charge >= 0.3 is 0 Å². The van der Waals surface area contributed by atoms with Crippen molar-refractivity contribution in [3.63, 3.8) is 0 Å². The van der Waals surface area contributed by atoms with Crippen LogP contribution in [0.5, 0.6) is 0 Å². The highest BCUT2D eigenvalue weighted by atomic mass is 32.2. The lowest BCUT2D eigenvalue weighted by Crippen LogP contribution is -2.25. The molecule has 1 aromatic heterocycles. The molecular formula is C11H21N3O3S. The van der Waals surface area contributed by atoms with Crippen molar-refractivity contribution in [1.29, 1.82) is 0 Å². The molecule has 2 N–H and O–H groups in total. The number of hydrogen-bond acceptors (Lipinski definition) is 4. The maximum atomic E-state index is 11.8. The van der Waals surface area contributed by atoms with Crippen LogP contribution in [0.25, 0.3) is 0 Å².